The van der Waals surface area contributed by atoms with Gasteiger partial charge in [0.25, 0.3) is 0 Å². The minimum absolute atomic E-state index is 0.104. The summed E-state index contributed by atoms with van der Waals surface area (Å²) >= 11 is 0. The maximum absolute atomic E-state index is 14.3. The van der Waals surface area contributed by atoms with Gasteiger partial charge in [0.15, 0.2) is 0 Å². The second-order valence-corrected chi connectivity index (χ2v) is 7.52. The fourth-order valence-electron chi connectivity index (χ4n) is 3.97. The number of nitrogens with two attached hydrogens (primary N) is 1. The number of aromatic nitrogens is 3. The van der Waals surface area contributed by atoms with E-state index in [0.29, 0.717) is 25.3 Å². The van der Waals surface area contributed by atoms with Gasteiger partial charge in [0, 0.05) is 50.0 Å². The molecule has 7 nitrogen and oxygen atoms in total. The Morgan fingerprint density at radius 1 is 1.21 bits per heavy atom. The number of pyridine rings is 1. The molecule has 0 saturated carbocycles. The summed E-state index contributed by atoms with van der Waals surface area (Å²) in [6.45, 7) is 3.33. The van der Waals surface area contributed by atoms with Crippen LogP contribution in [0.15, 0.2) is 30.6 Å². The van der Waals surface area contributed by atoms with Crippen LogP contribution in [0.25, 0.3) is 11.1 Å². The summed E-state index contributed by atoms with van der Waals surface area (Å²) in [5.74, 6) is 1.02. The zero-order chi connectivity index (χ0) is 20.1. The van der Waals surface area contributed by atoms with Crippen LogP contribution in [0.1, 0.15) is 16.8 Å². The van der Waals surface area contributed by atoms with Crippen molar-refractivity contribution in [2.45, 2.75) is 19.4 Å². The van der Waals surface area contributed by atoms with Crippen molar-refractivity contribution in [2.75, 3.05) is 30.4 Å². The van der Waals surface area contributed by atoms with E-state index < -0.39 is 0 Å². The molecular weight excluding hydrogens is 371 g/mol. The number of rotatable bonds is 4. The molecule has 0 amide bonds. The molecule has 1 aliphatic carbocycles. The minimum Gasteiger partial charge on any atom is -0.423 e. The lowest BCUT2D eigenvalue weighted by Crippen LogP contribution is -2.56. The number of ether oxygens (including phenoxy) is 1. The zero-order valence-corrected chi connectivity index (χ0v) is 16.2. The fourth-order valence-corrected chi connectivity index (χ4v) is 3.97. The highest BCUT2D eigenvalue weighted by molar-refractivity contribution is 5.88. The Labute approximate surface area is 167 Å². The molecule has 2 aliphatic rings. The summed E-state index contributed by atoms with van der Waals surface area (Å²) < 4.78 is 20.2. The number of benzene rings is 1. The third-order valence-electron chi connectivity index (χ3n) is 5.31. The number of hydrogen-bond donors (Lipinski definition) is 2. The lowest BCUT2D eigenvalue weighted by molar-refractivity contribution is 0.434. The van der Waals surface area contributed by atoms with Gasteiger partial charge in [0.2, 0.25) is 0 Å². The monoisotopic (exact) mass is 392 g/mol. The van der Waals surface area contributed by atoms with Gasteiger partial charge in [-0.2, -0.15) is 9.97 Å². The third kappa shape index (κ3) is 3.05. The van der Waals surface area contributed by atoms with E-state index in [-0.39, 0.29) is 17.9 Å². The van der Waals surface area contributed by atoms with Crippen LogP contribution in [0.2, 0.25) is 0 Å². The topological polar surface area (TPSA) is 89.2 Å². The van der Waals surface area contributed by atoms with Gasteiger partial charge in [0.05, 0.1) is 11.9 Å². The van der Waals surface area contributed by atoms with Crippen molar-refractivity contribution in [3.05, 3.63) is 53.2 Å². The van der Waals surface area contributed by atoms with E-state index in [4.69, 9.17) is 10.5 Å². The maximum atomic E-state index is 14.3. The second-order valence-electron chi connectivity index (χ2n) is 7.52. The van der Waals surface area contributed by atoms with E-state index in [1.165, 1.54) is 6.07 Å². The van der Waals surface area contributed by atoms with Crippen molar-refractivity contribution in [3.63, 3.8) is 0 Å². The number of nitrogens with one attached hydrogen (secondary N) is 1. The molecule has 0 unspecified atom stereocenters. The molecule has 8 heteroatoms. The summed E-state index contributed by atoms with van der Waals surface area (Å²) in [5, 5.41) is 3.09. The summed E-state index contributed by atoms with van der Waals surface area (Å²) in [6.07, 6.45) is 3.97. The molecule has 0 atom stereocenters. The number of halogens is 1. The lowest BCUT2D eigenvalue weighted by atomic mass is 10.0. The Morgan fingerprint density at radius 2 is 2.03 bits per heavy atom. The van der Waals surface area contributed by atoms with Gasteiger partial charge >= 0.3 is 6.01 Å². The smallest absolute Gasteiger partial charge is 0.324 e. The highest BCUT2D eigenvalue weighted by Crippen LogP contribution is 2.46. The Bertz CT molecular complexity index is 1110. The van der Waals surface area contributed by atoms with Crippen LogP contribution < -0.4 is 20.7 Å². The molecule has 29 heavy (non-hydrogen) atoms. The Hall–Kier alpha value is -3.26. The van der Waals surface area contributed by atoms with Gasteiger partial charge in [0.1, 0.15) is 17.4 Å². The van der Waals surface area contributed by atoms with E-state index in [1.54, 1.807) is 25.5 Å². The molecular formula is C21H21FN6O. The largest absolute Gasteiger partial charge is 0.423 e. The number of fused-ring (bicyclic) bond motifs is 3. The summed E-state index contributed by atoms with van der Waals surface area (Å²) in [6, 6.07) is 5.30. The molecule has 0 radical (unpaired) electrons. The van der Waals surface area contributed by atoms with Gasteiger partial charge in [-0.15, -0.1) is 0 Å². The lowest BCUT2D eigenvalue weighted by Gasteiger charge is -2.38. The number of anilines is 2. The summed E-state index contributed by atoms with van der Waals surface area (Å²) in [5.41, 5.74) is 11.3. The van der Waals surface area contributed by atoms with Gasteiger partial charge in [-0.05, 0) is 41.8 Å². The van der Waals surface area contributed by atoms with E-state index in [1.807, 2.05) is 13.0 Å². The maximum Gasteiger partial charge on any atom is 0.324 e. The van der Waals surface area contributed by atoms with E-state index in [0.717, 1.165) is 39.5 Å². The van der Waals surface area contributed by atoms with Gasteiger partial charge in [-0.25, -0.2) is 4.39 Å². The van der Waals surface area contributed by atoms with Crippen molar-refractivity contribution in [1.82, 2.24) is 15.0 Å². The van der Waals surface area contributed by atoms with Crippen LogP contribution >= 0.6 is 0 Å². The number of hydrogen-bond acceptors (Lipinski definition) is 7. The van der Waals surface area contributed by atoms with Gasteiger partial charge < -0.3 is 20.7 Å². The first-order valence-corrected chi connectivity index (χ1v) is 9.53. The van der Waals surface area contributed by atoms with Crippen molar-refractivity contribution in [3.8, 4) is 22.9 Å². The van der Waals surface area contributed by atoms with Crippen LogP contribution in [-0.4, -0.2) is 41.1 Å². The van der Waals surface area contributed by atoms with Gasteiger partial charge in [-0.3, -0.25) is 4.98 Å². The molecule has 3 N–H and O–H groups in total. The first kappa shape index (κ1) is 17.8. The predicted molar refractivity (Wildman–Crippen MR) is 109 cm³/mol. The van der Waals surface area contributed by atoms with Crippen molar-refractivity contribution in [2.24, 2.45) is 5.73 Å². The molecule has 3 aromatic rings. The fraction of sp³-hybridized carbons (Fsp3) is 0.286. The molecule has 1 saturated heterocycles. The molecule has 1 fully saturated rings. The number of aryl methyl sites for hydroxylation is 1. The first-order chi connectivity index (χ1) is 14.0. The first-order valence-electron chi connectivity index (χ1n) is 9.53. The molecule has 0 bridgehead atoms. The average Bonchev–Trinajstić information content (AvgIpc) is 3.02. The highest BCUT2D eigenvalue weighted by atomic mass is 19.1. The van der Waals surface area contributed by atoms with Crippen molar-refractivity contribution < 1.29 is 9.13 Å². The molecule has 0 spiro atoms. The SMILES string of the molecule is CNc1cc(F)cc2c1Cc1nc(Oc3cncc(C)c3)nc(N3CC(N)C3)c1-2. The molecule has 2 aromatic heterocycles. The molecule has 148 valence electrons. The quantitative estimate of drug-likeness (QED) is 0.552. The Morgan fingerprint density at radius 3 is 2.76 bits per heavy atom. The summed E-state index contributed by atoms with van der Waals surface area (Å²) in [7, 11) is 1.79. The average molecular weight is 392 g/mol. The van der Waals surface area contributed by atoms with Crippen LogP contribution in [0.3, 0.4) is 0 Å². The third-order valence-corrected chi connectivity index (χ3v) is 5.31. The normalized spacial score (nSPS) is 15.0. The second kappa shape index (κ2) is 6.66. The number of nitrogens with zero attached hydrogens (tertiary/aromatic N) is 4. The van der Waals surface area contributed by atoms with Crippen LogP contribution in [-0.2, 0) is 6.42 Å². The molecule has 3 heterocycles. The summed E-state index contributed by atoms with van der Waals surface area (Å²) in [4.78, 5) is 15.6. The Balaban J connectivity index is 1.62. The van der Waals surface area contributed by atoms with Crippen molar-refractivity contribution in [1.29, 1.82) is 0 Å². The van der Waals surface area contributed by atoms with Crippen LogP contribution in [0, 0.1) is 12.7 Å². The molecule has 1 aliphatic heterocycles. The highest BCUT2D eigenvalue weighted by Gasteiger charge is 2.34. The van der Waals surface area contributed by atoms with Crippen LogP contribution in [0.4, 0.5) is 15.9 Å². The molecule has 1 aromatic carbocycles. The van der Waals surface area contributed by atoms with E-state index in [9.17, 15) is 4.39 Å². The minimum atomic E-state index is -0.293. The zero-order valence-electron chi connectivity index (χ0n) is 16.2. The van der Waals surface area contributed by atoms with Gasteiger partial charge in [-0.1, -0.05) is 0 Å². The van der Waals surface area contributed by atoms with E-state index in [2.05, 4.69) is 25.2 Å². The standard InChI is InChI=1S/C21H21FN6O/c1-11-3-14(8-25-7-11)29-21-26-18-6-15-16(4-12(22)5-17(15)24-2)19(18)20(27-21)28-9-13(23)10-28/h3-5,7-8,13,24H,6,9-10,23H2,1-2H3. The Kier molecular flexibility index (Phi) is 4.09. The predicted octanol–water partition coefficient (Wildman–Crippen LogP) is 2.87. The molecule has 5 rings (SSSR count). The van der Waals surface area contributed by atoms with E-state index >= 15 is 0 Å². The van der Waals surface area contributed by atoms with Crippen molar-refractivity contribution >= 4 is 11.5 Å². The van der Waals surface area contributed by atoms with Crippen LogP contribution in [0.5, 0.6) is 11.8 Å².